The van der Waals surface area contributed by atoms with Gasteiger partial charge in [0.05, 0.1) is 0 Å². The molecule has 1 N–H and O–H groups in total. The van der Waals surface area contributed by atoms with Crippen molar-refractivity contribution >= 4 is 17.4 Å². The molecule has 2 bridgehead atoms. The number of nitrogens with zero attached hydrogens (tertiary/aromatic N) is 3. The highest BCUT2D eigenvalue weighted by Crippen LogP contribution is 2.40. The van der Waals surface area contributed by atoms with Crippen molar-refractivity contribution in [3.8, 4) is 0 Å². The van der Waals surface area contributed by atoms with Crippen LogP contribution in [0.1, 0.15) is 38.5 Å². The van der Waals surface area contributed by atoms with Crippen LogP contribution in [0.5, 0.6) is 0 Å². The third-order valence-corrected chi connectivity index (χ3v) is 5.71. The molecule has 1 aromatic rings. The summed E-state index contributed by atoms with van der Waals surface area (Å²) >= 11 is 5.99. The fourth-order valence-electron chi connectivity index (χ4n) is 4.50. The molecule has 0 amide bonds. The zero-order chi connectivity index (χ0) is 15.1. The summed E-state index contributed by atoms with van der Waals surface area (Å²) in [5, 5.41) is 4.10. The van der Waals surface area contributed by atoms with Gasteiger partial charge in [-0.2, -0.15) is 0 Å². The number of piperidine rings is 1. The van der Waals surface area contributed by atoms with Crippen molar-refractivity contribution in [2.24, 2.45) is 5.92 Å². The number of aromatic nitrogens is 2. The summed E-state index contributed by atoms with van der Waals surface area (Å²) in [6.07, 6.45) is 7.01. The molecule has 2 saturated carbocycles. The largest absolute Gasteiger partial charge is 0.352 e. The predicted molar refractivity (Wildman–Crippen MR) is 85.0 cm³/mol. The van der Waals surface area contributed by atoms with Gasteiger partial charge in [0.25, 0.3) is 0 Å². The van der Waals surface area contributed by atoms with Gasteiger partial charge in [-0.1, -0.05) is 24.4 Å². The SMILES string of the molecule is F[C@@H]1CCCC[C@H]1N[C@H]1C[C@@H]2C[C@H]1N(c1cc(Cl)ncn1)C2. The summed E-state index contributed by atoms with van der Waals surface area (Å²) in [5.41, 5.74) is 0. The molecule has 120 valence electrons. The molecule has 22 heavy (non-hydrogen) atoms. The van der Waals surface area contributed by atoms with Crippen LogP contribution in [0.15, 0.2) is 12.4 Å². The van der Waals surface area contributed by atoms with E-state index in [1.807, 2.05) is 6.07 Å². The first-order valence-corrected chi connectivity index (χ1v) is 8.73. The van der Waals surface area contributed by atoms with E-state index in [2.05, 4.69) is 20.2 Å². The summed E-state index contributed by atoms with van der Waals surface area (Å²) in [4.78, 5) is 10.7. The second-order valence-electron chi connectivity index (χ2n) is 6.94. The maximum Gasteiger partial charge on any atom is 0.134 e. The van der Waals surface area contributed by atoms with Crippen molar-refractivity contribution in [3.05, 3.63) is 17.5 Å². The number of halogens is 2. The zero-order valence-electron chi connectivity index (χ0n) is 12.6. The van der Waals surface area contributed by atoms with E-state index >= 15 is 0 Å². The minimum absolute atomic E-state index is 0.0361. The molecule has 2 aliphatic carbocycles. The van der Waals surface area contributed by atoms with Crippen molar-refractivity contribution in [3.63, 3.8) is 0 Å². The fraction of sp³-hybridized carbons (Fsp3) is 0.750. The number of anilines is 1. The zero-order valence-corrected chi connectivity index (χ0v) is 13.3. The Morgan fingerprint density at radius 3 is 2.82 bits per heavy atom. The Bertz CT molecular complexity index is 543. The minimum Gasteiger partial charge on any atom is -0.352 e. The molecule has 3 aliphatic rings. The van der Waals surface area contributed by atoms with Gasteiger partial charge in [-0.25, -0.2) is 14.4 Å². The lowest BCUT2D eigenvalue weighted by molar-refractivity contribution is 0.172. The van der Waals surface area contributed by atoms with Gasteiger partial charge >= 0.3 is 0 Å². The van der Waals surface area contributed by atoms with Gasteiger partial charge in [0, 0.05) is 30.7 Å². The van der Waals surface area contributed by atoms with E-state index in [4.69, 9.17) is 11.6 Å². The number of hydrogen-bond acceptors (Lipinski definition) is 4. The molecule has 1 saturated heterocycles. The molecule has 0 radical (unpaired) electrons. The third-order valence-electron chi connectivity index (χ3n) is 5.51. The predicted octanol–water partition coefficient (Wildman–Crippen LogP) is 2.97. The summed E-state index contributed by atoms with van der Waals surface area (Å²) in [6, 6.07) is 2.64. The van der Waals surface area contributed by atoms with Crippen LogP contribution in [-0.4, -0.2) is 40.8 Å². The topological polar surface area (TPSA) is 41.0 Å². The monoisotopic (exact) mass is 324 g/mol. The lowest BCUT2D eigenvalue weighted by Crippen LogP contribution is -2.54. The van der Waals surface area contributed by atoms with Crippen LogP contribution in [0.3, 0.4) is 0 Å². The van der Waals surface area contributed by atoms with Crippen molar-refractivity contribution in [1.29, 1.82) is 0 Å². The van der Waals surface area contributed by atoms with E-state index in [0.29, 0.717) is 29.6 Å². The Kier molecular flexibility index (Phi) is 3.95. The van der Waals surface area contributed by atoms with Gasteiger partial charge in [-0.05, 0) is 31.6 Å². The van der Waals surface area contributed by atoms with Gasteiger partial charge in [0.15, 0.2) is 0 Å². The Morgan fingerprint density at radius 2 is 2.05 bits per heavy atom. The average molecular weight is 325 g/mol. The van der Waals surface area contributed by atoms with Gasteiger partial charge < -0.3 is 10.2 Å². The first kappa shape index (κ1) is 14.6. The lowest BCUT2D eigenvalue weighted by atomic mass is 9.92. The average Bonchev–Trinajstić information content (AvgIpc) is 3.10. The van der Waals surface area contributed by atoms with E-state index in [1.165, 1.54) is 12.7 Å². The van der Waals surface area contributed by atoms with E-state index in [1.54, 1.807) is 0 Å². The van der Waals surface area contributed by atoms with Gasteiger partial charge in [-0.15, -0.1) is 0 Å². The number of alkyl halides is 1. The number of hydrogen-bond donors (Lipinski definition) is 1. The second-order valence-corrected chi connectivity index (χ2v) is 7.32. The molecule has 3 fully saturated rings. The third kappa shape index (κ3) is 2.69. The highest BCUT2D eigenvalue weighted by Gasteiger charge is 2.46. The highest BCUT2D eigenvalue weighted by atomic mass is 35.5. The Labute approximate surface area is 135 Å². The molecule has 4 nitrogen and oxygen atoms in total. The van der Waals surface area contributed by atoms with Crippen LogP contribution < -0.4 is 10.2 Å². The van der Waals surface area contributed by atoms with Crippen molar-refractivity contribution in [1.82, 2.24) is 15.3 Å². The standard InChI is InChI=1S/C16H22ClFN4/c17-15-7-16(20-9-19-15)22-8-10-5-13(14(22)6-10)21-12-4-2-1-3-11(12)18/h7,9-14,21H,1-6,8H2/t10-,11-,12-,13+,14-/m1/s1. The summed E-state index contributed by atoms with van der Waals surface area (Å²) < 4.78 is 14.1. The first-order chi connectivity index (χ1) is 10.7. The molecule has 6 heteroatoms. The fourth-order valence-corrected chi connectivity index (χ4v) is 4.64. The summed E-state index contributed by atoms with van der Waals surface area (Å²) in [6.45, 7) is 1.03. The second kappa shape index (κ2) is 5.93. The van der Waals surface area contributed by atoms with Crippen LogP contribution >= 0.6 is 11.6 Å². The van der Waals surface area contributed by atoms with Gasteiger partial charge in [0.2, 0.25) is 0 Å². The molecule has 5 atom stereocenters. The first-order valence-electron chi connectivity index (χ1n) is 8.35. The van der Waals surface area contributed by atoms with E-state index in [0.717, 1.165) is 38.0 Å². The molecule has 1 aromatic heterocycles. The maximum absolute atomic E-state index is 14.1. The van der Waals surface area contributed by atoms with Crippen molar-refractivity contribution < 1.29 is 4.39 Å². The normalized spacial score (nSPS) is 37.7. The maximum atomic E-state index is 14.1. The van der Waals surface area contributed by atoms with Crippen molar-refractivity contribution in [2.45, 2.75) is 62.8 Å². The van der Waals surface area contributed by atoms with Crippen LogP contribution in [0.25, 0.3) is 0 Å². The van der Waals surface area contributed by atoms with Crippen LogP contribution in [0, 0.1) is 5.92 Å². The van der Waals surface area contributed by atoms with Gasteiger partial charge in [-0.3, -0.25) is 0 Å². The number of nitrogens with one attached hydrogen (secondary N) is 1. The van der Waals surface area contributed by atoms with Gasteiger partial charge in [0.1, 0.15) is 23.5 Å². The van der Waals surface area contributed by atoms with E-state index in [9.17, 15) is 4.39 Å². The molecular formula is C16H22ClFN4. The Hall–Kier alpha value is -0.940. The molecule has 0 aromatic carbocycles. The molecule has 0 spiro atoms. The highest BCUT2D eigenvalue weighted by molar-refractivity contribution is 6.29. The summed E-state index contributed by atoms with van der Waals surface area (Å²) in [5.74, 6) is 1.58. The number of rotatable bonds is 3. The lowest BCUT2D eigenvalue weighted by Gasteiger charge is -2.38. The molecule has 1 aliphatic heterocycles. The minimum atomic E-state index is -0.685. The molecule has 0 unspecified atom stereocenters. The van der Waals surface area contributed by atoms with Crippen LogP contribution in [0.2, 0.25) is 5.15 Å². The quantitative estimate of drug-likeness (QED) is 0.868. The summed E-state index contributed by atoms with van der Waals surface area (Å²) in [7, 11) is 0. The molecular weight excluding hydrogens is 303 g/mol. The smallest absolute Gasteiger partial charge is 0.134 e. The van der Waals surface area contributed by atoms with Crippen molar-refractivity contribution in [2.75, 3.05) is 11.4 Å². The molecule has 4 rings (SSSR count). The Morgan fingerprint density at radius 1 is 1.18 bits per heavy atom. The van der Waals surface area contributed by atoms with E-state index < -0.39 is 6.17 Å². The number of fused-ring (bicyclic) bond motifs is 2. The van der Waals surface area contributed by atoms with E-state index in [-0.39, 0.29) is 6.04 Å². The Balaban J connectivity index is 1.47. The molecule has 2 heterocycles. The van der Waals surface area contributed by atoms with Crippen LogP contribution in [-0.2, 0) is 0 Å². The van der Waals surface area contributed by atoms with Crippen LogP contribution in [0.4, 0.5) is 10.2 Å².